The summed E-state index contributed by atoms with van der Waals surface area (Å²) in [6.07, 6.45) is 5.83. The molecule has 2 aliphatic heterocycles. The Kier molecular flexibility index (Phi) is 4.19. The van der Waals surface area contributed by atoms with Gasteiger partial charge in [-0.25, -0.2) is 0 Å². The molecule has 2 aromatic rings. The molecular formula is C18H23N5O. The first-order valence-electron chi connectivity index (χ1n) is 8.85. The van der Waals surface area contributed by atoms with E-state index in [1.807, 2.05) is 24.3 Å². The van der Waals surface area contributed by atoms with E-state index < -0.39 is 0 Å². The Morgan fingerprint density at radius 3 is 2.54 bits per heavy atom. The van der Waals surface area contributed by atoms with Crippen molar-refractivity contribution in [1.82, 2.24) is 20.1 Å². The van der Waals surface area contributed by atoms with E-state index in [9.17, 15) is 4.79 Å². The number of rotatable bonds is 4. The number of anilines is 1. The van der Waals surface area contributed by atoms with Crippen LogP contribution in [0.25, 0.3) is 0 Å². The van der Waals surface area contributed by atoms with Crippen molar-refractivity contribution in [2.75, 3.05) is 18.0 Å². The topological polar surface area (TPSA) is 63.1 Å². The summed E-state index contributed by atoms with van der Waals surface area (Å²) in [4.78, 5) is 14.7. The third-order valence-electron chi connectivity index (χ3n) is 4.94. The maximum Gasteiger partial charge on any atom is 0.251 e. The quantitative estimate of drug-likeness (QED) is 0.935. The second-order valence-corrected chi connectivity index (χ2v) is 6.56. The van der Waals surface area contributed by atoms with Crippen LogP contribution in [0.5, 0.6) is 0 Å². The van der Waals surface area contributed by atoms with Gasteiger partial charge in [-0.05, 0) is 49.9 Å². The molecule has 1 saturated heterocycles. The van der Waals surface area contributed by atoms with Gasteiger partial charge in [-0.2, -0.15) is 0 Å². The Labute approximate surface area is 141 Å². The molecule has 4 rings (SSSR count). The molecule has 24 heavy (non-hydrogen) atoms. The molecule has 1 fully saturated rings. The average molecular weight is 325 g/mol. The fourth-order valence-corrected chi connectivity index (χ4v) is 3.56. The maximum absolute atomic E-state index is 12.4. The largest absolute Gasteiger partial charge is 0.372 e. The lowest BCUT2D eigenvalue weighted by atomic mass is 10.1. The molecule has 0 atom stereocenters. The molecule has 0 unspecified atom stereocenters. The minimum atomic E-state index is -0.0591. The second-order valence-electron chi connectivity index (χ2n) is 6.56. The lowest BCUT2D eigenvalue weighted by Gasteiger charge is -2.17. The number of carbonyl (C=O) groups excluding carboxylic acids is 1. The van der Waals surface area contributed by atoms with E-state index in [1.54, 1.807) is 0 Å². The molecule has 0 radical (unpaired) electrons. The molecule has 3 heterocycles. The van der Waals surface area contributed by atoms with Gasteiger partial charge < -0.3 is 14.8 Å². The lowest BCUT2D eigenvalue weighted by Crippen LogP contribution is -2.25. The maximum atomic E-state index is 12.4. The zero-order valence-corrected chi connectivity index (χ0v) is 13.9. The number of nitrogens with one attached hydrogen (secondary N) is 1. The molecule has 126 valence electrons. The molecule has 2 aliphatic rings. The lowest BCUT2D eigenvalue weighted by molar-refractivity contribution is 0.0949. The van der Waals surface area contributed by atoms with Crippen molar-refractivity contribution in [3.63, 3.8) is 0 Å². The number of fused-ring (bicyclic) bond motifs is 1. The van der Waals surface area contributed by atoms with Gasteiger partial charge in [0.25, 0.3) is 5.91 Å². The predicted molar refractivity (Wildman–Crippen MR) is 92.0 cm³/mol. The molecule has 6 nitrogen and oxygen atoms in total. The van der Waals surface area contributed by atoms with E-state index in [0.717, 1.165) is 44.1 Å². The summed E-state index contributed by atoms with van der Waals surface area (Å²) in [7, 11) is 0. The summed E-state index contributed by atoms with van der Waals surface area (Å²) >= 11 is 0. The number of carbonyl (C=O) groups is 1. The van der Waals surface area contributed by atoms with Crippen molar-refractivity contribution < 1.29 is 4.79 Å². The number of aryl methyl sites for hydroxylation is 1. The highest BCUT2D eigenvalue weighted by molar-refractivity contribution is 5.94. The summed E-state index contributed by atoms with van der Waals surface area (Å²) in [6, 6.07) is 7.89. The fraction of sp³-hybridized carbons (Fsp3) is 0.500. The van der Waals surface area contributed by atoms with Crippen LogP contribution in [0, 0.1) is 0 Å². The van der Waals surface area contributed by atoms with Gasteiger partial charge in [-0.3, -0.25) is 4.79 Å². The fourth-order valence-electron chi connectivity index (χ4n) is 3.56. The van der Waals surface area contributed by atoms with E-state index >= 15 is 0 Å². The van der Waals surface area contributed by atoms with Gasteiger partial charge in [0, 0.05) is 37.3 Å². The van der Waals surface area contributed by atoms with Crippen molar-refractivity contribution >= 4 is 11.6 Å². The van der Waals surface area contributed by atoms with Crippen molar-refractivity contribution in [2.24, 2.45) is 0 Å². The Morgan fingerprint density at radius 2 is 1.75 bits per heavy atom. The molecule has 1 aromatic carbocycles. The summed E-state index contributed by atoms with van der Waals surface area (Å²) in [5, 5.41) is 11.4. The summed E-state index contributed by atoms with van der Waals surface area (Å²) < 4.78 is 2.14. The molecule has 1 aromatic heterocycles. The first-order chi connectivity index (χ1) is 11.8. The SMILES string of the molecule is O=C(NCc1nnc2n1CCCC2)c1ccc(N2CCCC2)cc1. The molecule has 1 N–H and O–H groups in total. The standard InChI is InChI=1S/C18H23N5O/c24-18(14-6-8-15(9-7-14)22-10-3-4-11-22)19-13-17-21-20-16-5-1-2-12-23(16)17/h6-9H,1-5,10-13H2,(H,19,24). The number of amides is 1. The van der Waals surface area contributed by atoms with Crippen LogP contribution in [-0.2, 0) is 19.5 Å². The van der Waals surface area contributed by atoms with Crippen LogP contribution in [0.4, 0.5) is 5.69 Å². The van der Waals surface area contributed by atoms with Gasteiger partial charge >= 0.3 is 0 Å². The zero-order chi connectivity index (χ0) is 16.4. The number of aromatic nitrogens is 3. The third-order valence-corrected chi connectivity index (χ3v) is 4.94. The highest BCUT2D eigenvalue weighted by Gasteiger charge is 2.17. The molecule has 6 heteroatoms. The molecule has 0 bridgehead atoms. The number of hydrogen-bond donors (Lipinski definition) is 1. The highest BCUT2D eigenvalue weighted by Crippen LogP contribution is 2.20. The van der Waals surface area contributed by atoms with Crippen molar-refractivity contribution in [2.45, 2.75) is 45.2 Å². The summed E-state index contributed by atoms with van der Waals surface area (Å²) in [6.45, 7) is 3.62. The first kappa shape index (κ1) is 15.2. The molecule has 0 spiro atoms. The van der Waals surface area contributed by atoms with Gasteiger partial charge in [0.1, 0.15) is 5.82 Å². The number of hydrogen-bond acceptors (Lipinski definition) is 4. The van der Waals surface area contributed by atoms with E-state index in [2.05, 4.69) is 25.0 Å². The van der Waals surface area contributed by atoms with Crippen molar-refractivity contribution in [3.05, 3.63) is 41.5 Å². The Hall–Kier alpha value is -2.37. The number of benzene rings is 1. The van der Waals surface area contributed by atoms with Gasteiger partial charge in [0.15, 0.2) is 5.82 Å². The van der Waals surface area contributed by atoms with E-state index in [0.29, 0.717) is 12.1 Å². The van der Waals surface area contributed by atoms with Crippen LogP contribution >= 0.6 is 0 Å². The normalized spacial score (nSPS) is 16.9. The molecular weight excluding hydrogens is 302 g/mol. The van der Waals surface area contributed by atoms with Gasteiger partial charge in [0.2, 0.25) is 0 Å². The average Bonchev–Trinajstić information content (AvgIpc) is 3.30. The summed E-state index contributed by atoms with van der Waals surface area (Å²) in [5.74, 6) is 1.84. The first-order valence-corrected chi connectivity index (χ1v) is 8.85. The molecule has 1 amide bonds. The Bertz CT molecular complexity index is 716. The predicted octanol–water partition coefficient (Wildman–Crippen LogP) is 2.14. The van der Waals surface area contributed by atoms with Crippen LogP contribution in [-0.4, -0.2) is 33.8 Å². The molecule has 0 aliphatic carbocycles. The van der Waals surface area contributed by atoms with Crippen molar-refractivity contribution in [3.8, 4) is 0 Å². The Balaban J connectivity index is 1.38. The van der Waals surface area contributed by atoms with Gasteiger partial charge in [0.05, 0.1) is 6.54 Å². The second kappa shape index (κ2) is 6.63. The summed E-state index contributed by atoms with van der Waals surface area (Å²) in [5.41, 5.74) is 1.90. The minimum absolute atomic E-state index is 0.0591. The van der Waals surface area contributed by atoms with Gasteiger partial charge in [-0.1, -0.05) is 0 Å². The van der Waals surface area contributed by atoms with Crippen LogP contribution in [0.1, 0.15) is 47.7 Å². The minimum Gasteiger partial charge on any atom is -0.372 e. The number of nitrogens with zero attached hydrogens (tertiary/aromatic N) is 4. The van der Waals surface area contributed by atoms with E-state index in [1.165, 1.54) is 24.9 Å². The molecule has 0 saturated carbocycles. The van der Waals surface area contributed by atoms with Crippen LogP contribution in [0.2, 0.25) is 0 Å². The smallest absolute Gasteiger partial charge is 0.251 e. The van der Waals surface area contributed by atoms with Crippen LogP contribution in [0.15, 0.2) is 24.3 Å². The highest BCUT2D eigenvalue weighted by atomic mass is 16.1. The Morgan fingerprint density at radius 1 is 1.00 bits per heavy atom. The third kappa shape index (κ3) is 3.00. The van der Waals surface area contributed by atoms with Gasteiger partial charge in [-0.15, -0.1) is 10.2 Å². The van der Waals surface area contributed by atoms with E-state index in [4.69, 9.17) is 0 Å². The zero-order valence-electron chi connectivity index (χ0n) is 13.9. The van der Waals surface area contributed by atoms with Crippen LogP contribution < -0.4 is 10.2 Å². The van der Waals surface area contributed by atoms with Crippen molar-refractivity contribution in [1.29, 1.82) is 0 Å². The monoisotopic (exact) mass is 325 g/mol. The van der Waals surface area contributed by atoms with E-state index in [-0.39, 0.29) is 5.91 Å². The van der Waals surface area contributed by atoms with Crippen LogP contribution in [0.3, 0.4) is 0 Å².